The van der Waals surface area contributed by atoms with Gasteiger partial charge in [0.15, 0.2) is 0 Å². The largest absolute Gasteiger partial charge is 0.493 e. The molecule has 0 atom stereocenters. The number of hydrogen-bond acceptors (Lipinski definition) is 9. The highest BCUT2D eigenvalue weighted by Crippen LogP contribution is 2.25. The highest BCUT2D eigenvalue weighted by atomic mass is 35.5. The minimum atomic E-state index is -0.870. The number of halogens is 1. The molecular weight excluding hydrogens is 652 g/mol. The molecule has 0 saturated heterocycles. The van der Waals surface area contributed by atoms with E-state index >= 15 is 0 Å². The van der Waals surface area contributed by atoms with Crippen LogP contribution in [-0.2, 0) is 30.4 Å². The van der Waals surface area contributed by atoms with Gasteiger partial charge >= 0.3 is 5.97 Å². The van der Waals surface area contributed by atoms with E-state index in [1.807, 2.05) is 55.5 Å². The molecule has 3 rings (SSSR count). The van der Waals surface area contributed by atoms with E-state index < -0.39 is 11.1 Å². The third-order valence-electron chi connectivity index (χ3n) is 7.01. The van der Waals surface area contributed by atoms with Gasteiger partial charge in [-0.2, -0.15) is 0 Å². The SMILES string of the molecule is C/C=C\CCCC(=O)NCC(=O)Oc1ccc(CCOC)cc1.Clc1cccc(OCC/C=C/C2CCCC2)c1.O=CCCCO[N+](=O)[O-]. The molecule has 2 aromatic carbocycles. The third kappa shape index (κ3) is 24.6. The van der Waals surface area contributed by atoms with Crippen molar-refractivity contribution in [1.82, 2.24) is 5.32 Å². The molecule has 11 nitrogen and oxygen atoms in total. The average molecular weight is 703 g/mol. The second kappa shape index (κ2) is 28.8. The van der Waals surface area contributed by atoms with Gasteiger partial charge in [-0.15, -0.1) is 10.1 Å². The van der Waals surface area contributed by atoms with Crippen molar-refractivity contribution >= 4 is 29.8 Å². The first-order chi connectivity index (χ1) is 23.8. The molecule has 0 bridgehead atoms. The summed E-state index contributed by atoms with van der Waals surface area (Å²) in [6.07, 6.45) is 19.4. The van der Waals surface area contributed by atoms with Gasteiger partial charge in [-0.25, -0.2) is 4.79 Å². The zero-order chi connectivity index (χ0) is 36.0. The van der Waals surface area contributed by atoms with Crippen molar-refractivity contribution in [2.75, 3.05) is 33.5 Å². The lowest BCUT2D eigenvalue weighted by atomic mass is 10.1. The fourth-order valence-corrected chi connectivity index (χ4v) is 4.64. The Balaban J connectivity index is 0.000000404. The zero-order valence-electron chi connectivity index (χ0n) is 28.7. The number of allylic oxidation sites excluding steroid dienone is 3. The first-order valence-electron chi connectivity index (χ1n) is 16.7. The molecule has 0 heterocycles. The Kier molecular flexibility index (Phi) is 25.1. The Morgan fingerprint density at radius 2 is 1.73 bits per heavy atom. The number of carbonyl (C=O) groups excluding carboxylic acids is 3. The molecular formula is C37H51ClN2O9. The Morgan fingerprint density at radius 1 is 0.980 bits per heavy atom. The van der Waals surface area contributed by atoms with Crippen LogP contribution in [0.4, 0.5) is 0 Å². The number of esters is 1. The summed E-state index contributed by atoms with van der Waals surface area (Å²) in [6.45, 7) is 3.21. The molecule has 0 spiro atoms. The number of benzene rings is 2. The molecule has 0 radical (unpaired) electrons. The number of carbonyl (C=O) groups is 3. The van der Waals surface area contributed by atoms with Crippen molar-refractivity contribution in [3.05, 3.63) is 93.5 Å². The minimum absolute atomic E-state index is 0.00569. The Hall–Kier alpha value is -4.22. The standard InChI is InChI=1S/C18H25NO4.C15H19ClO.C4H7NO4/c1-3-4-5-6-7-17(20)19-14-18(21)23-16-10-8-15(9-11-16)12-13-22-2;16-14-9-5-10-15(12-14)17-11-4-3-8-13-6-1-2-7-13;6-3-1-2-4-9-5(7)8/h3-4,8-11H,5-7,12-14H2,1-2H3,(H,19,20);3,5,8-10,12-13H,1-2,4,6-7,11H2;3H,1-2,4H2/b4-3-;8-3+;. The normalized spacial score (nSPS) is 12.4. The topological polar surface area (TPSA) is 143 Å². The van der Waals surface area contributed by atoms with E-state index in [4.69, 9.17) is 25.8 Å². The van der Waals surface area contributed by atoms with Crippen LogP contribution in [0.2, 0.25) is 5.02 Å². The van der Waals surface area contributed by atoms with Gasteiger partial charge in [0.2, 0.25) is 5.91 Å². The fourth-order valence-electron chi connectivity index (χ4n) is 4.46. The molecule has 0 aliphatic heterocycles. The molecule has 0 aromatic heterocycles. The molecule has 1 amide bonds. The zero-order valence-corrected chi connectivity index (χ0v) is 29.4. The molecule has 2 aromatic rings. The second-order valence-electron chi connectivity index (χ2n) is 11.0. The van der Waals surface area contributed by atoms with Crippen LogP contribution in [-0.4, -0.2) is 56.7 Å². The summed E-state index contributed by atoms with van der Waals surface area (Å²) >= 11 is 5.88. The molecule has 49 heavy (non-hydrogen) atoms. The van der Waals surface area contributed by atoms with Gasteiger partial charge in [-0.1, -0.05) is 66.9 Å². The van der Waals surface area contributed by atoms with Crippen LogP contribution in [0, 0.1) is 16.0 Å². The maximum absolute atomic E-state index is 11.7. The van der Waals surface area contributed by atoms with Crippen molar-refractivity contribution in [2.45, 2.75) is 77.6 Å². The Morgan fingerprint density at radius 3 is 2.39 bits per heavy atom. The number of aldehydes is 1. The van der Waals surface area contributed by atoms with Crippen molar-refractivity contribution in [3.8, 4) is 11.5 Å². The number of amides is 1. The number of unbranched alkanes of at least 4 members (excludes halogenated alkanes) is 2. The smallest absolute Gasteiger partial charge is 0.330 e. The summed E-state index contributed by atoms with van der Waals surface area (Å²) in [5, 5.41) is 11.9. The van der Waals surface area contributed by atoms with E-state index in [1.165, 1.54) is 25.7 Å². The first kappa shape index (κ1) is 42.8. The fraction of sp³-hybridized carbons (Fsp3) is 0.486. The van der Waals surface area contributed by atoms with Gasteiger partial charge in [0.1, 0.15) is 24.3 Å². The van der Waals surface area contributed by atoms with E-state index in [0.717, 1.165) is 54.5 Å². The predicted molar refractivity (Wildman–Crippen MR) is 190 cm³/mol. The number of nitrogens with zero attached hydrogens (tertiary/aromatic N) is 1. The number of ether oxygens (including phenoxy) is 3. The summed E-state index contributed by atoms with van der Waals surface area (Å²) in [7, 11) is 1.66. The highest BCUT2D eigenvalue weighted by molar-refractivity contribution is 6.30. The predicted octanol–water partition coefficient (Wildman–Crippen LogP) is 7.67. The first-order valence-corrected chi connectivity index (χ1v) is 17.1. The van der Waals surface area contributed by atoms with E-state index in [1.54, 1.807) is 19.2 Å². The minimum Gasteiger partial charge on any atom is -0.493 e. The maximum Gasteiger partial charge on any atom is 0.330 e. The van der Waals surface area contributed by atoms with Crippen LogP contribution in [0.1, 0.15) is 76.7 Å². The lowest BCUT2D eigenvalue weighted by Crippen LogP contribution is -2.31. The molecule has 1 aliphatic rings. The molecule has 1 saturated carbocycles. The Labute approximate surface area is 295 Å². The van der Waals surface area contributed by atoms with E-state index in [9.17, 15) is 24.5 Å². The number of nitrogens with one attached hydrogen (secondary N) is 1. The van der Waals surface area contributed by atoms with Crippen LogP contribution in [0.15, 0.2) is 72.8 Å². The maximum atomic E-state index is 11.7. The highest BCUT2D eigenvalue weighted by Gasteiger charge is 2.11. The van der Waals surface area contributed by atoms with E-state index in [-0.39, 0.29) is 19.1 Å². The van der Waals surface area contributed by atoms with Crippen LogP contribution < -0.4 is 14.8 Å². The van der Waals surface area contributed by atoms with Crippen LogP contribution in [0.3, 0.4) is 0 Å². The summed E-state index contributed by atoms with van der Waals surface area (Å²) in [4.78, 5) is 46.2. The number of methoxy groups -OCH3 is 1. The molecule has 1 N–H and O–H groups in total. The van der Waals surface area contributed by atoms with Gasteiger partial charge in [0, 0.05) is 25.0 Å². The number of hydrogen-bond donors (Lipinski definition) is 1. The molecule has 270 valence electrons. The molecule has 0 unspecified atom stereocenters. The van der Waals surface area contributed by atoms with E-state index in [2.05, 4.69) is 22.3 Å². The lowest BCUT2D eigenvalue weighted by molar-refractivity contribution is -0.757. The van der Waals surface area contributed by atoms with Gasteiger partial charge in [-0.3, -0.25) is 4.79 Å². The summed E-state index contributed by atoms with van der Waals surface area (Å²) in [5.74, 6) is 1.53. The summed E-state index contributed by atoms with van der Waals surface area (Å²) in [5.41, 5.74) is 1.11. The molecule has 1 aliphatic carbocycles. The number of rotatable bonds is 20. The van der Waals surface area contributed by atoms with Crippen LogP contribution >= 0.6 is 11.6 Å². The van der Waals surface area contributed by atoms with Crippen molar-refractivity contribution in [1.29, 1.82) is 0 Å². The monoisotopic (exact) mass is 702 g/mol. The van der Waals surface area contributed by atoms with Crippen LogP contribution in [0.25, 0.3) is 0 Å². The lowest BCUT2D eigenvalue weighted by Gasteiger charge is -2.07. The Bertz CT molecular complexity index is 1260. The molecule has 12 heteroatoms. The summed E-state index contributed by atoms with van der Waals surface area (Å²) in [6, 6.07) is 14.8. The van der Waals surface area contributed by atoms with Gasteiger partial charge < -0.3 is 29.2 Å². The second-order valence-corrected chi connectivity index (χ2v) is 11.5. The third-order valence-corrected chi connectivity index (χ3v) is 7.25. The van der Waals surface area contributed by atoms with Crippen molar-refractivity contribution in [2.24, 2.45) is 5.92 Å². The van der Waals surface area contributed by atoms with Gasteiger partial charge in [0.05, 0.1) is 19.8 Å². The van der Waals surface area contributed by atoms with Gasteiger partial charge in [-0.05, 0) is 93.7 Å². The summed E-state index contributed by atoms with van der Waals surface area (Å²) < 4.78 is 15.8. The van der Waals surface area contributed by atoms with E-state index in [0.29, 0.717) is 37.9 Å². The average Bonchev–Trinajstić information content (AvgIpc) is 3.62. The van der Waals surface area contributed by atoms with Crippen molar-refractivity contribution < 1.29 is 38.5 Å². The van der Waals surface area contributed by atoms with Crippen LogP contribution in [0.5, 0.6) is 11.5 Å². The van der Waals surface area contributed by atoms with Crippen molar-refractivity contribution in [3.63, 3.8) is 0 Å². The molecule has 1 fully saturated rings. The quantitative estimate of drug-likeness (QED) is 0.0280. The van der Waals surface area contributed by atoms with Gasteiger partial charge in [0.25, 0.3) is 5.09 Å².